The third-order valence-electron chi connectivity index (χ3n) is 3.92. The molecule has 0 saturated heterocycles. The predicted octanol–water partition coefficient (Wildman–Crippen LogP) is 1.73. The number of carbonyl (C=O) groups is 1. The number of halogens is 1. The van der Waals surface area contributed by atoms with Gasteiger partial charge < -0.3 is 14.2 Å². The molecule has 0 N–H and O–H groups in total. The number of pyridine rings is 1. The molecular weight excluding hydrogens is 299 g/mol. The van der Waals surface area contributed by atoms with Gasteiger partial charge in [-0.1, -0.05) is 0 Å². The second kappa shape index (κ2) is 6.87. The molecule has 2 aromatic heterocycles. The molecule has 0 bridgehead atoms. The maximum absolute atomic E-state index is 13.9. The van der Waals surface area contributed by atoms with E-state index in [9.17, 15) is 9.18 Å². The highest BCUT2D eigenvalue weighted by molar-refractivity contribution is 5.94. The first-order valence-corrected chi connectivity index (χ1v) is 7.65. The van der Waals surface area contributed by atoms with Gasteiger partial charge in [0.05, 0.1) is 24.9 Å². The van der Waals surface area contributed by atoms with Gasteiger partial charge in [0.15, 0.2) is 5.82 Å². The summed E-state index contributed by atoms with van der Waals surface area (Å²) < 4.78 is 21.4. The molecule has 0 fully saturated rings. The van der Waals surface area contributed by atoms with Crippen molar-refractivity contribution in [2.45, 2.75) is 20.0 Å². The molecular formula is C16H19FN4O2. The molecule has 0 radical (unpaired) electrons. The molecule has 3 rings (SSSR count). The van der Waals surface area contributed by atoms with Crippen LogP contribution in [0.25, 0.3) is 0 Å². The Morgan fingerprint density at radius 1 is 1.43 bits per heavy atom. The second-order valence-corrected chi connectivity index (χ2v) is 5.56. The van der Waals surface area contributed by atoms with Gasteiger partial charge in [-0.3, -0.25) is 9.78 Å². The number of fused-ring (bicyclic) bond motifs is 1. The van der Waals surface area contributed by atoms with E-state index < -0.39 is 5.82 Å². The van der Waals surface area contributed by atoms with Crippen LogP contribution in [0, 0.1) is 11.7 Å². The summed E-state index contributed by atoms with van der Waals surface area (Å²) in [7, 11) is 0. The van der Waals surface area contributed by atoms with Gasteiger partial charge in [0.2, 0.25) is 0 Å². The molecule has 1 atom stereocenters. The van der Waals surface area contributed by atoms with Crippen molar-refractivity contribution in [1.29, 1.82) is 0 Å². The van der Waals surface area contributed by atoms with Crippen molar-refractivity contribution in [3.8, 4) is 0 Å². The molecule has 1 aliphatic heterocycles. The van der Waals surface area contributed by atoms with Crippen LogP contribution in [0.4, 0.5) is 4.39 Å². The molecule has 1 amide bonds. The number of carbonyl (C=O) groups excluding carboxylic acids is 1. The molecule has 122 valence electrons. The van der Waals surface area contributed by atoms with Crippen LogP contribution in [0.3, 0.4) is 0 Å². The Morgan fingerprint density at radius 3 is 3.09 bits per heavy atom. The molecule has 7 heteroatoms. The van der Waals surface area contributed by atoms with E-state index in [1.54, 1.807) is 11.1 Å². The van der Waals surface area contributed by atoms with Gasteiger partial charge in [-0.15, -0.1) is 0 Å². The SMILES string of the molecule is CCOCC1CN(C(=O)c2ccncc2F)Cc2nccn2C1. The first-order chi connectivity index (χ1) is 11.2. The topological polar surface area (TPSA) is 60.2 Å². The van der Waals surface area contributed by atoms with Crippen LogP contribution < -0.4 is 0 Å². The van der Waals surface area contributed by atoms with E-state index in [1.165, 1.54) is 12.3 Å². The average Bonchev–Trinajstić information content (AvgIpc) is 2.91. The minimum Gasteiger partial charge on any atom is -0.381 e. The second-order valence-electron chi connectivity index (χ2n) is 5.56. The quantitative estimate of drug-likeness (QED) is 0.861. The molecule has 6 nitrogen and oxygen atoms in total. The highest BCUT2D eigenvalue weighted by Gasteiger charge is 2.27. The lowest BCUT2D eigenvalue weighted by Gasteiger charge is -2.24. The lowest BCUT2D eigenvalue weighted by molar-refractivity contribution is 0.0614. The van der Waals surface area contributed by atoms with Crippen LogP contribution >= 0.6 is 0 Å². The number of nitrogens with zero attached hydrogens (tertiary/aromatic N) is 4. The van der Waals surface area contributed by atoms with E-state index in [0.29, 0.717) is 26.3 Å². The van der Waals surface area contributed by atoms with Crippen molar-refractivity contribution in [1.82, 2.24) is 19.4 Å². The van der Waals surface area contributed by atoms with Gasteiger partial charge in [0.25, 0.3) is 5.91 Å². The van der Waals surface area contributed by atoms with Gasteiger partial charge in [-0.25, -0.2) is 9.37 Å². The van der Waals surface area contributed by atoms with Crippen molar-refractivity contribution < 1.29 is 13.9 Å². The smallest absolute Gasteiger partial charge is 0.257 e. The maximum Gasteiger partial charge on any atom is 0.257 e. The molecule has 0 aromatic carbocycles. The molecule has 0 saturated carbocycles. The molecule has 0 spiro atoms. The van der Waals surface area contributed by atoms with Crippen molar-refractivity contribution in [3.63, 3.8) is 0 Å². The van der Waals surface area contributed by atoms with Crippen LogP contribution in [-0.4, -0.2) is 45.1 Å². The highest BCUT2D eigenvalue weighted by atomic mass is 19.1. The molecule has 3 heterocycles. The van der Waals surface area contributed by atoms with Crippen molar-refractivity contribution in [2.24, 2.45) is 5.92 Å². The number of ether oxygens (including phenoxy) is 1. The van der Waals surface area contributed by atoms with Crippen molar-refractivity contribution in [3.05, 3.63) is 48.1 Å². The van der Waals surface area contributed by atoms with Crippen LogP contribution in [0.5, 0.6) is 0 Å². The Bertz CT molecular complexity index is 688. The van der Waals surface area contributed by atoms with Crippen molar-refractivity contribution >= 4 is 5.91 Å². The van der Waals surface area contributed by atoms with E-state index in [-0.39, 0.29) is 17.4 Å². The highest BCUT2D eigenvalue weighted by Crippen LogP contribution is 2.19. The predicted molar refractivity (Wildman–Crippen MR) is 81.1 cm³/mol. The van der Waals surface area contributed by atoms with Crippen LogP contribution in [0.2, 0.25) is 0 Å². The Kier molecular flexibility index (Phi) is 4.66. The van der Waals surface area contributed by atoms with Gasteiger partial charge in [0.1, 0.15) is 5.82 Å². The number of hydrogen-bond donors (Lipinski definition) is 0. The Hall–Kier alpha value is -2.28. The fourth-order valence-electron chi connectivity index (χ4n) is 2.80. The fourth-order valence-corrected chi connectivity index (χ4v) is 2.80. The summed E-state index contributed by atoms with van der Waals surface area (Å²) in [5, 5.41) is 0. The maximum atomic E-state index is 13.9. The summed E-state index contributed by atoms with van der Waals surface area (Å²) in [4.78, 5) is 22.3. The first kappa shape index (κ1) is 15.6. The zero-order valence-electron chi connectivity index (χ0n) is 13.0. The van der Waals surface area contributed by atoms with E-state index >= 15 is 0 Å². The van der Waals surface area contributed by atoms with E-state index in [2.05, 4.69) is 9.97 Å². The number of aromatic nitrogens is 3. The van der Waals surface area contributed by atoms with Gasteiger partial charge in [0, 0.05) is 44.2 Å². The van der Waals surface area contributed by atoms with Crippen LogP contribution in [0.1, 0.15) is 23.1 Å². The molecule has 0 aliphatic carbocycles. The number of rotatable bonds is 4. The van der Waals surface area contributed by atoms with Gasteiger partial charge in [-0.05, 0) is 13.0 Å². The first-order valence-electron chi connectivity index (χ1n) is 7.65. The average molecular weight is 318 g/mol. The standard InChI is InChI=1S/C16H19FN4O2/c1-2-23-11-12-8-20-6-5-19-15(20)10-21(9-12)16(22)13-3-4-18-7-14(13)17/h3-7,12H,2,8-11H2,1H3. The largest absolute Gasteiger partial charge is 0.381 e. The van der Waals surface area contributed by atoms with E-state index in [4.69, 9.17) is 4.74 Å². The van der Waals surface area contributed by atoms with Crippen molar-refractivity contribution in [2.75, 3.05) is 19.8 Å². The summed E-state index contributed by atoms with van der Waals surface area (Å²) in [6, 6.07) is 1.41. The van der Waals surface area contributed by atoms with Crippen LogP contribution in [0.15, 0.2) is 30.9 Å². The molecule has 1 aliphatic rings. The zero-order chi connectivity index (χ0) is 16.2. The summed E-state index contributed by atoms with van der Waals surface area (Å²) >= 11 is 0. The Labute approximate surface area is 133 Å². The van der Waals surface area contributed by atoms with E-state index in [1.807, 2.05) is 17.7 Å². The summed E-state index contributed by atoms with van der Waals surface area (Å²) in [5.41, 5.74) is 0.0372. The van der Waals surface area contributed by atoms with Gasteiger partial charge >= 0.3 is 0 Å². The summed E-state index contributed by atoms with van der Waals surface area (Å²) in [5.74, 6) is -0.0136. The Balaban J connectivity index is 1.85. The molecule has 23 heavy (non-hydrogen) atoms. The molecule has 1 unspecified atom stereocenters. The third kappa shape index (κ3) is 3.39. The van der Waals surface area contributed by atoms with E-state index in [0.717, 1.165) is 18.6 Å². The Morgan fingerprint density at radius 2 is 2.30 bits per heavy atom. The number of hydrogen-bond acceptors (Lipinski definition) is 4. The zero-order valence-corrected chi connectivity index (χ0v) is 13.0. The minimum atomic E-state index is -0.605. The normalized spacial score (nSPS) is 17.7. The van der Waals surface area contributed by atoms with Gasteiger partial charge in [-0.2, -0.15) is 0 Å². The summed E-state index contributed by atoms with van der Waals surface area (Å²) in [6.45, 7) is 4.71. The molecule has 2 aromatic rings. The lowest BCUT2D eigenvalue weighted by Crippen LogP contribution is -2.36. The minimum absolute atomic E-state index is 0.0372. The lowest BCUT2D eigenvalue weighted by atomic mass is 10.1. The third-order valence-corrected chi connectivity index (χ3v) is 3.92. The fraction of sp³-hybridized carbons (Fsp3) is 0.438. The summed E-state index contributed by atoms with van der Waals surface area (Å²) in [6.07, 6.45) is 6.10. The number of amides is 1. The van der Waals surface area contributed by atoms with Crippen LogP contribution in [-0.2, 0) is 17.8 Å². The monoisotopic (exact) mass is 318 g/mol. The number of imidazole rings is 1.